The lowest BCUT2D eigenvalue weighted by molar-refractivity contribution is 0.102. The number of methoxy groups -OCH3 is 1. The maximum absolute atomic E-state index is 12.4. The third kappa shape index (κ3) is 3.21. The minimum Gasteiger partial charge on any atom is -0.497 e. The van der Waals surface area contributed by atoms with Gasteiger partial charge < -0.3 is 14.6 Å². The molecular weight excluding hydrogens is 294 g/mol. The number of aromatic nitrogens is 2. The highest BCUT2D eigenvalue weighted by Crippen LogP contribution is 2.27. The number of hydrogen-bond donors (Lipinski definition) is 1. The monoisotopic (exact) mass is 309 g/mol. The molecule has 1 amide bonds. The number of anilines is 1. The van der Waals surface area contributed by atoms with Crippen LogP contribution in [0.15, 0.2) is 53.1 Å². The Hall–Kier alpha value is -3.15. The number of hydrogen-bond acceptors (Lipinski definition) is 5. The summed E-state index contributed by atoms with van der Waals surface area (Å²) in [5.41, 5.74) is 1.77. The number of amides is 1. The lowest BCUT2D eigenvalue weighted by Gasteiger charge is -2.09. The van der Waals surface area contributed by atoms with Crippen molar-refractivity contribution in [3.05, 3.63) is 59.9 Å². The third-order valence-corrected chi connectivity index (χ3v) is 3.27. The van der Waals surface area contributed by atoms with Gasteiger partial charge in [0.05, 0.1) is 18.4 Å². The van der Waals surface area contributed by atoms with Gasteiger partial charge in [-0.3, -0.25) is 4.79 Å². The fraction of sp³-hybridized carbons (Fsp3) is 0.118. The molecule has 0 fully saturated rings. The van der Waals surface area contributed by atoms with E-state index in [0.29, 0.717) is 34.3 Å². The normalized spacial score (nSPS) is 10.3. The molecule has 0 bridgehead atoms. The van der Waals surface area contributed by atoms with Crippen molar-refractivity contribution >= 4 is 11.6 Å². The standard InChI is InChI=1S/C17H15N3O3/c1-11-18-17(23-20-11)14-8-3-4-9-15(14)19-16(21)12-6-5-7-13(10-12)22-2/h3-10H,1-2H3,(H,19,21). The van der Waals surface area contributed by atoms with Crippen LogP contribution in [-0.4, -0.2) is 23.2 Å². The van der Waals surface area contributed by atoms with Crippen molar-refractivity contribution in [2.24, 2.45) is 0 Å². The second-order valence-electron chi connectivity index (χ2n) is 4.88. The summed E-state index contributed by atoms with van der Waals surface area (Å²) in [6.07, 6.45) is 0. The van der Waals surface area contributed by atoms with E-state index >= 15 is 0 Å². The Balaban J connectivity index is 1.89. The van der Waals surface area contributed by atoms with Crippen LogP contribution >= 0.6 is 0 Å². The lowest BCUT2D eigenvalue weighted by atomic mass is 10.1. The van der Waals surface area contributed by atoms with Gasteiger partial charge in [0.25, 0.3) is 11.8 Å². The predicted octanol–water partition coefficient (Wildman–Crippen LogP) is 3.31. The van der Waals surface area contributed by atoms with Crippen molar-refractivity contribution in [1.82, 2.24) is 10.1 Å². The molecule has 0 aliphatic carbocycles. The summed E-state index contributed by atoms with van der Waals surface area (Å²) in [5.74, 6) is 1.28. The third-order valence-electron chi connectivity index (χ3n) is 3.27. The van der Waals surface area contributed by atoms with Crippen LogP contribution in [0.3, 0.4) is 0 Å². The minimum absolute atomic E-state index is 0.243. The van der Waals surface area contributed by atoms with Crippen LogP contribution in [0.4, 0.5) is 5.69 Å². The van der Waals surface area contributed by atoms with Crippen LogP contribution in [0.2, 0.25) is 0 Å². The van der Waals surface area contributed by atoms with E-state index in [0.717, 1.165) is 0 Å². The number of rotatable bonds is 4. The molecule has 0 unspecified atom stereocenters. The first-order valence-electron chi connectivity index (χ1n) is 7.02. The van der Waals surface area contributed by atoms with E-state index < -0.39 is 0 Å². The largest absolute Gasteiger partial charge is 0.497 e. The van der Waals surface area contributed by atoms with Gasteiger partial charge in [-0.1, -0.05) is 23.4 Å². The average Bonchev–Trinajstić information content (AvgIpc) is 3.01. The Kier molecular flexibility index (Phi) is 4.05. The first-order chi connectivity index (χ1) is 11.2. The molecule has 1 heterocycles. The van der Waals surface area contributed by atoms with Crippen LogP contribution in [-0.2, 0) is 0 Å². The SMILES string of the molecule is COc1cccc(C(=O)Nc2ccccc2-c2nc(C)no2)c1. The molecule has 6 nitrogen and oxygen atoms in total. The predicted molar refractivity (Wildman–Crippen MR) is 85.4 cm³/mol. The highest BCUT2D eigenvalue weighted by molar-refractivity contribution is 6.06. The van der Waals surface area contributed by atoms with Gasteiger partial charge >= 0.3 is 0 Å². The Bertz CT molecular complexity index is 842. The quantitative estimate of drug-likeness (QED) is 0.800. The summed E-state index contributed by atoms with van der Waals surface area (Å²) >= 11 is 0. The number of nitrogens with one attached hydrogen (secondary N) is 1. The van der Waals surface area contributed by atoms with E-state index in [1.54, 1.807) is 44.4 Å². The Labute approximate surface area is 133 Å². The first kappa shape index (κ1) is 14.8. The molecule has 23 heavy (non-hydrogen) atoms. The van der Waals surface area contributed by atoms with Crippen LogP contribution in [0.25, 0.3) is 11.5 Å². The number of nitrogens with zero attached hydrogens (tertiary/aromatic N) is 2. The van der Waals surface area contributed by atoms with Crippen molar-refractivity contribution in [3.8, 4) is 17.2 Å². The zero-order valence-corrected chi connectivity index (χ0v) is 12.7. The molecule has 2 aromatic carbocycles. The van der Waals surface area contributed by atoms with Crippen LogP contribution in [0.1, 0.15) is 16.2 Å². The van der Waals surface area contributed by atoms with E-state index in [-0.39, 0.29) is 5.91 Å². The number of ether oxygens (including phenoxy) is 1. The fourth-order valence-corrected chi connectivity index (χ4v) is 2.14. The highest BCUT2D eigenvalue weighted by atomic mass is 16.5. The van der Waals surface area contributed by atoms with Gasteiger partial charge in [-0.25, -0.2) is 0 Å². The molecule has 0 radical (unpaired) electrons. The number of benzene rings is 2. The van der Waals surface area contributed by atoms with Crippen molar-refractivity contribution in [2.75, 3.05) is 12.4 Å². The minimum atomic E-state index is -0.243. The molecule has 0 aliphatic heterocycles. The summed E-state index contributed by atoms with van der Waals surface area (Å²) in [5, 5.41) is 6.64. The zero-order valence-electron chi connectivity index (χ0n) is 12.7. The molecule has 0 saturated carbocycles. The average molecular weight is 309 g/mol. The van der Waals surface area contributed by atoms with Crippen LogP contribution < -0.4 is 10.1 Å². The molecule has 3 rings (SSSR count). The summed E-state index contributed by atoms with van der Waals surface area (Å²) < 4.78 is 10.3. The first-order valence-corrected chi connectivity index (χ1v) is 7.02. The summed E-state index contributed by atoms with van der Waals surface area (Å²) in [4.78, 5) is 16.6. The topological polar surface area (TPSA) is 77.2 Å². The molecule has 3 aromatic rings. The number of aryl methyl sites for hydroxylation is 1. The molecule has 0 saturated heterocycles. The van der Waals surface area contributed by atoms with Gasteiger partial charge in [0.15, 0.2) is 5.82 Å². The zero-order chi connectivity index (χ0) is 16.2. The van der Waals surface area contributed by atoms with Crippen molar-refractivity contribution in [3.63, 3.8) is 0 Å². The van der Waals surface area contributed by atoms with Gasteiger partial charge in [0.2, 0.25) is 0 Å². The maximum Gasteiger partial charge on any atom is 0.260 e. The molecule has 0 aliphatic rings. The van der Waals surface area contributed by atoms with Crippen molar-refractivity contribution < 1.29 is 14.1 Å². The fourth-order valence-electron chi connectivity index (χ4n) is 2.14. The Morgan fingerprint density at radius 1 is 1.17 bits per heavy atom. The summed E-state index contributed by atoms with van der Waals surface area (Å²) in [7, 11) is 1.56. The molecule has 1 N–H and O–H groups in total. The van der Waals surface area contributed by atoms with Gasteiger partial charge in [-0.15, -0.1) is 0 Å². The number of carbonyl (C=O) groups is 1. The van der Waals surface area contributed by atoms with E-state index in [1.165, 1.54) is 0 Å². The van der Waals surface area contributed by atoms with Gasteiger partial charge in [0, 0.05) is 5.56 Å². The second kappa shape index (κ2) is 6.31. The van der Waals surface area contributed by atoms with E-state index in [1.807, 2.05) is 18.2 Å². The molecule has 0 atom stereocenters. The molecular formula is C17H15N3O3. The smallest absolute Gasteiger partial charge is 0.260 e. The highest BCUT2D eigenvalue weighted by Gasteiger charge is 2.14. The van der Waals surface area contributed by atoms with E-state index in [2.05, 4.69) is 15.5 Å². The van der Waals surface area contributed by atoms with Crippen molar-refractivity contribution in [2.45, 2.75) is 6.92 Å². The lowest BCUT2D eigenvalue weighted by Crippen LogP contribution is -2.12. The second-order valence-corrected chi connectivity index (χ2v) is 4.88. The van der Waals surface area contributed by atoms with Crippen molar-refractivity contribution in [1.29, 1.82) is 0 Å². The molecule has 6 heteroatoms. The molecule has 0 spiro atoms. The Morgan fingerprint density at radius 3 is 2.74 bits per heavy atom. The number of para-hydroxylation sites is 1. The van der Waals surface area contributed by atoms with E-state index in [4.69, 9.17) is 9.26 Å². The van der Waals surface area contributed by atoms with E-state index in [9.17, 15) is 4.79 Å². The summed E-state index contributed by atoms with van der Waals surface area (Å²) in [6.45, 7) is 1.74. The maximum atomic E-state index is 12.4. The Morgan fingerprint density at radius 2 is 2.00 bits per heavy atom. The number of carbonyl (C=O) groups excluding carboxylic acids is 1. The summed E-state index contributed by atoms with van der Waals surface area (Å²) in [6, 6.07) is 14.2. The van der Waals surface area contributed by atoms with Gasteiger partial charge in [0.1, 0.15) is 5.75 Å². The molecule has 1 aromatic heterocycles. The molecule has 116 valence electrons. The van der Waals surface area contributed by atoms with Gasteiger partial charge in [-0.2, -0.15) is 4.98 Å². The van der Waals surface area contributed by atoms with Crippen LogP contribution in [0.5, 0.6) is 5.75 Å². The van der Waals surface area contributed by atoms with Gasteiger partial charge in [-0.05, 0) is 37.3 Å². The van der Waals surface area contributed by atoms with Crippen LogP contribution in [0, 0.1) is 6.92 Å².